The molecule has 3 aromatic rings. The Morgan fingerprint density at radius 3 is 2.76 bits per heavy atom. The molecular weight excluding hydrogens is 320 g/mol. The zero-order valence-corrected chi connectivity index (χ0v) is 14.6. The molecule has 0 aliphatic rings. The number of aromatic nitrogens is 4. The molecule has 0 saturated heterocycles. The zero-order valence-electron chi connectivity index (χ0n) is 14.6. The molecule has 0 radical (unpaired) electrons. The quantitative estimate of drug-likeness (QED) is 0.569. The second-order valence-corrected chi connectivity index (χ2v) is 6.11. The molecule has 1 N–H and O–H groups in total. The first-order valence-electron chi connectivity index (χ1n) is 7.90. The number of hydrogen-bond donors (Lipinski definition) is 1. The van der Waals surface area contributed by atoms with E-state index < -0.39 is 4.92 Å². The average molecular weight is 340 g/mol. The Hall–Kier alpha value is -3.16. The van der Waals surface area contributed by atoms with Crippen molar-refractivity contribution in [3.63, 3.8) is 0 Å². The summed E-state index contributed by atoms with van der Waals surface area (Å²) < 4.78 is 3.32. The largest absolute Gasteiger partial charge is 0.394 e. The van der Waals surface area contributed by atoms with E-state index >= 15 is 0 Å². The van der Waals surface area contributed by atoms with Gasteiger partial charge in [0.2, 0.25) is 0 Å². The van der Waals surface area contributed by atoms with Crippen LogP contribution in [0.1, 0.15) is 22.4 Å². The first-order chi connectivity index (χ1) is 11.9. The van der Waals surface area contributed by atoms with Crippen LogP contribution in [-0.2, 0) is 13.6 Å². The van der Waals surface area contributed by atoms with E-state index in [0.29, 0.717) is 12.1 Å². The van der Waals surface area contributed by atoms with Crippen molar-refractivity contribution in [2.45, 2.75) is 27.3 Å². The Morgan fingerprint density at radius 2 is 2.04 bits per heavy atom. The fourth-order valence-corrected chi connectivity index (χ4v) is 2.77. The van der Waals surface area contributed by atoms with Crippen LogP contribution >= 0.6 is 0 Å². The lowest BCUT2D eigenvalue weighted by atomic mass is 10.1. The molecule has 0 saturated carbocycles. The highest BCUT2D eigenvalue weighted by Crippen LogP contribution is 2.23. The number of aryl methyl sites for hydroxylation is 3. The van der Waals surface area contributed by atoms with E-state index in [1.54, 1.807) is 19.4 Å². The van der Waals surface area contributed by atoms with Crippen LogP contribution in [-0.4, -0.2) is 24.5 Å². The third kappa shape index (κ3) is 3.23. The van der Waals surface area contributed by atoms with E-state index in [9.17, 15) is 10.1 Å². The smallest absolute Gasteiger partial charge is 0.378 e. The Bertz CT molecular complexity index is 941. The summed E-state index contributed by atoms with van der Waals surface area (Å²) in [5.74, 6) is -0.130. The van der Waals surface area contributed by atoms with Crippen molar-refractivity contribution in [3.05, 3.63) is 63.1 Å². The number of hydrogen-bond acceptors (Lipinski definition) is 5. The highest BCUT2D eigenvalue weighted by Gasteiger charge is 2.19. The predicted octanol–water partition coefficient (Wildman–Crippen LogP) is 3.05. The lowest BCUT2D eigenvalue weighted by Crippen LogP contribution is -2.04. The molecule has 0 spiro atoms. The van der Waals surface area contributed by atoms with Gasteiger partial charge in [-0.3, -0.25) is 0 Å². The number of nitrogens with zero attached hydrogens (tertiary/aromatic N) is 5. The Morgan fingerprint density at radius 1 is 1.28 bits per heavy atom. The van der Waals surface area contributed by atoms with E-state index in [1.807, 2.05) is 25.5 Å². The number of benzene rings is 1. The minimum Gasteiger partial charge on any atom is -0.378 e. The van der Waals surface area contributed by atoms with Crippen LogP contribution in [0.3, 0.4) is 0 Å². The van der Waals surface area contributed by atoms with E-state index in [4.69, 9.17) is 0 Å². The third-order valence-corrected chi connectivity index (χ3v) is 4.13. The van der Waals surface area contributed by atoms with Crippen LogP contribution in [0.25, 0.3) is 5.69 Å². The fourth-order valence-electron chi connectivity index (χ4n) is 2.77. The number of nitrogens with one attached hydrogen (secondary N) is 1. The SMILES string of the molecule is Cc1ccc(C)c(-n2ncc(NCc3cn(C)nc3[N+](=O)[O-])c2C)c1. The summed E-state index contributed by atoms with van der Waals surface area (Å²) in [7, 11) is 1.67. The monoisotopic (exact) mass is 340 g/mol. The van der Waals surface area contributed by atoms with Gasteiger partial charge in [-0.25, -0.2) is 4.68 Å². The standard InChI is InChI=1S/C17H20N6O2/c1-11-5-6-12(2)16(7-11)22-13(3)15(9-19-22)18-8-14-10-21(4)20-17(14)23(24)25/h5-7,9-10,18H,8H2,1-4H3. The molecule has 3 rings (SSSR count). The second-order valence-electron chi connectivity index (χ2n) is 6.11. The van der Waals surface area contributed by atoms with Gasteiger partial charge < -0.3 is 15.4 Å². The van der Waals surface area contributed by atoms with Crippen LogP contribution in [0.15, 0.2) is 30.6 Å². The van der Waals surface area contributed by atoms with Crippen LogP contribution in [0.4, 0.5) is 11.5 Å². The molecule has 0 aliphatic carbocycles. The van der Waals surface area contributed by atoms with Gasteiger partial charge >= 0.3 is 5.82 Å². The average Bonchev–Trinajstić information content (AvgIpc) is 3.11. The van der Waals surface area contributed by atoms with Gasteiger partial charge in [-0.15, -0.1) is 0 Å². The van der Waals surface area contributed by atoms with Gasteiger partial charge in [0.15, 0.2) is 0 Å². The summed E-state index contributed by atoms with van der Waals surface area (Å²) >= 11 is 0. The third-order valence-electron chi connectivity index (χ3n) is 4.13. The van der Waals surface area contributed by atoms with Crippen molar-refractivity contribution in [3.8, 4) is 5.69 Å². The highest BCUT2D eigenvalue weighted by atomic mass is 16.6. The molecule has 0 unspecified atom stereocenters. The first kappa shape index (κ1) is 16.7. The van der Waals surface area contributed by atoms with Gasteiger partial charge in [-0.1, -0.05) is 12.1 Å². The van der Waals surface area contributed by atoms with Crippen molar-refractivity contribution in [1.29, 1.82) is 0 Å². The van der Waals surface area contributed by atoms with E-state index in [2.05, 4.69) is 33.7 Å². The molecule has 25 heavy (non-hydrogen) atoms. The van der Waals surface area contributed by atoms with Crippen molar-refractivity contribution in [1.82, 2.24) is 19.6 Å². The highest BCUT2D eigenvalue weighted by molar-refractivity contribution is 5.52. The Kier molecular flexibility index (Phi) is 4.26. The maximum absolute atomic E-state index is 11.1. The van der Waals surface area contributed by atoms with E-state index in [0.717, 1.165) is 28.2 Å². The van der Waals surface area contributed by atoms with Gasteiger partial charge in [0.25, 0.3) is 0 Å². The maximum atomic E-state index is 11.1. The normalized spacial score (nSPS) is 10.9. The number of anilines is 1. The van der Waals surface area contributed by atoms with Gasteiger partial charge in [0, 0.05) is 0 Å². The number of rotatable bonds is 5. The summed E-state index contributed by atoms with van der Waals surface area (Å²) in [6, 6.07) is 6.22. The topological polar surface area (TPSA) is 90.8 Å². The molecule has 2 aromatic heterocycles. The van der Waals surface area contributed by atoms with Crippen molar-refractivity contribution in [2.75, 3.05) is 5.32 Å². The van der Waals surface area contributed by atoms with Crippen molar-refractivity contribution < 1.29 is 4.92 Å². The molecule has 8 heteroatoms. The van der Waals surface area contributed by atoms with E-state index in [-0.39, 0.29) is 5.82 Å². The van der Waals surface area contributed by atoms with Gasteiger partial charge in [0.1, 0.15) is 0 Å². The molecule has 0 bridgehead atoms. The molecule has 0 aliphatic heterocycles. The minimum atomic E-state index is -0.469. The van der Waals surface area contributed by atoms with Gasteiger partial charge in [-0.05, 0) is 42.9 Å². The summed E-state index contributed by atoms with van der Waals surface area (Å²) in [5, 5.41) is 22.6. The summed E-state index contributed by atoms with van der Waals surface area (Å²) in [5.41, 5.74) is 5.63. The van der Waals surface area contributed by atoms with Crippen molar-refractivity contribution in [2.24, 2.45) is 7.05 Å². The van der Waals surface area contributed by atoms with Crippen LogP contribution in [0.5, 0.6) is 0 Å². The molecule has 0 fully saturated rings. The molecule has 2 heterocycles. The zero-order chi connectivity index (χ0) is 18.1. The first-order valence-corrected chi connectivity index (χ1v) is 7.90. The van der Waals surface area contributed by atoms with Gasteiger partial charge in [-0.2, -0.15) is 9.78 Å². The second kappa shape index (κ2) is 6.39. The van der Waals surface area contributed by atoms with Crippen LogP contribution in [0.2, 0.25) is 0 Å². The minimum absolute atomic E-state index is 0.130. The molecule has 130 valence electrons. The lowest BCUT2D eigenvalue weighted by molar-refractivity contribution is -0.390. The van der Waals surface area contributed by atoms with Crippen LogP contribution in [0, 0.1) is 30.9 Å². The summed E-state index contributed by atoms with van der Waals surface area (Å²) in [6.07, 6.45) is 3.38. The molecule has 0 atom stereocenters. The lowest BCUT2D eigenvalue weighted by Gasteiger charge is -2.10. The summed E-state index contributed by atoms with van der Waals surface area (Å²) in [4.78, 5) is 10.6. The maximum Gasteiger partial charge on any atom is 0.394 e. The Labute approximate surface area is 145 Å². The Balaban J connectivity index is 1.85. The van der Waals surface area contributed by atoms with Crippen molar-refractivity contribution >= 4 is 11.5 Å². The molecule has 1 aromatic carbocycles. The predicted molar refractivity (Wildman–Crippen MR) is 95.0 cm³/mol. The molecule has 0 amide bonds. The van der Waals surface area contributed by atoms with E-state index in [1.165, 1.54) is 4.68 Å². The number of nitro groups is 1. The summed E-state index contributed by atoms with van der Waals surface area (Å²) in [6.45, 7) is 6.36. The van der Waals surface area contributed by atoms with Crippen LogP contribution < -0.4 is 5.32 Å². The van der Waals surface area contributed by atoms with Gasteiger partial charge in [0.05, 0.1) is 53.7 Å². The fraction of sp³-hybridized carbons (Fsp3) is 0.294. The molecule has 8 nitrogen and oxygen atoms in total. The molecular formula is C17H20N6O2.